The molecule has 3 heterocycles. The predicted octanol–water partition coefficient (Wildman–Crippen LogP) is 1.96. The minimum Gasteiger partial charge on any atom is -0.472 e. The number of pyridine rings is 1. The zero-order chi connectivity index (χ0) is 18.5. The number of carbonyl (C=O) groups is 1. The van der Waals surface area contributed by atoms with Gasteiger partial charge in [-0.05, 0) is 23.8 Å². The van der Waals surface area contributed by atoms with Crippen molar-refractivity contribution in [3.8, 4) is 17.3 Å². The van der Waals surface area contributed by atoms with Gasteiger partial charge in [-0.2, -0.15) is 5.10 Å². The Balaban J connectivity index is 1.38. The number of carbonyl (C=O) groups excluding carboxylic acids is 1. The Morgan fingerprint density at radius 1 is 1.30 bits per heavy atom. The minimum atomic E-state index is -0.167. The van der Waals surface area contributed by atoms with E-state index in [1.165, 1.54) is 6.33 Å². The number of aromatic nitrogens is 4. The number of ether oxygens (including phenoxy) is 2. The fourth-order valence-electron chi connectivity index (χ4n) is 2.84. The summed E-state index contributed by atoms with van der Waals surface area (Å²) in [5, 5.41) is 9.54. The van der Waals surface area contributed by atoms with Gasteiger partial charge in [0.25, 0.3) is 5.91 Å². The molecule has 1 aliphatic rings. The number of hydrogen-bond acceptors (Lipinski definition) is 6. The lowest BCUT2D eigenvalue weighted by Crippen LogP contribution is -2.23. The summed E-state index contributed by atoms with van der Waals surface area (Å²) in [4.78, 5) is 20.8. The van der Waals surface area contributed by atoms with Crippen LogP contribution in [-0.4, -0.2) is 45.4 Å². The van der Waals surface area contributed by atoms with E-state index in [4.69, 9.17) is 9.47 Å². The molecule has 1 saturated heterocycles. The first-order chi connectivity index (χ1) is 13.3. The van der Waals surface area contributed by atoms with Crippen LogP contribution < -0.4 is 10.1 Å². The second kappa shape index (κ2) is 7.96. The first-order valence-electron chi connectivity index (χ1n) is 8.71. The number of rotatable bonds is 6. The summed E-state index contributed by atoms with van der Waals surface area (Å²) in [6, 6.07) is 10.9. The largest absolute Gasteiger partial charge is 0.472 e. The predicted molar refractivity (Wildman–Crippen MR) is 97.1 cm³/mol. The van der Waals surface area contributed by atoms with E-state index in [-0.39, 0.29) is 12.0 Å². The fraction of sp³-hybridized carbons (Fsp3) is 0.263. The lowest BCUT2D eigenvalue weighted by Gasteiger charge is -2.12. The van der Waals surface area contributed by atoms with Crippen molar-refractivity contribution in [3.63, 3.8) is 0 Å². The molecule has 1 amide bonds. The molecule has 8 heteroatoms. The molecule has 138 valence electrons. The van der Waals surface area contributed by atoms with Gasteiger partial charge >= 0.3 is 0 Å². The third-order valence-corrected chi connectivity index (χ3v) is 4.24. The molecule has 8 nitrogen and oxygen atoms in total. The van der Waals surface area contributed by atoms with Crippen LogP contribution in [0.15, 0.2) is 48.9 Å². The summed E-state index contributed by atoms with van der Waals surface area (Å²) < 4.78 is 11.1. The second-order valence-corrected chi connectivity index (χ2v) is 6.20. The van der Waals surface area contributed by atoms with Crippen molar-refractivity contribution in [2.45, 2.75) is 19.1 Å². The summed E-state index contributed by atoms with van der Waals surface area (Å²) in [5.74, 6) is 1.00. The summed E-state index contributed by atoms with van der Waals surface area (Å²) >= 11 is 0. The quantitative estimate of drug-likeness (QED) is 0.692. The third kappa shape index (κ3) is 4.29. The van der Waals surface area contributed by atoms with E-state index in [2.05, 4.69) is 25.5 Å². The third-order valence-electron chi connectivity index (χ3n) is 4.24. The molecule has 1 unspecified atom stereocenters. The molecule has 1 atom stereocenters. The molecule has 0 aliphatic carbocycles. The molecule has 0 spiro atoms. The van der Waals surface area contributed by atoms with Gasteiger partial charge in [0.15, 0.2) is 5.82 Å². The summed E-state index contributed by atoms with van der Waals surface area (Å²) in [5.41, 5.74) is 2.27. The minimum absolute atomic E-state index is 0.0428. The Morgan fingerprint density at radius 2 is 2.26 bits per heavy atom. The molecular formula is C19H19N5O3. The van der Waals surface area contributed by atoms with Crippen LogP contribution in [0.3, 0.4) is 0 Å². The Morgan fingerprint density at radius 3 is 3.07 bits per heavy atom. The highest BCUT2D eigenvalue weighted by atomic mass is 16.5. The number of hydrogen-bond donors (Lipinski definition) is 2. The molecule has 3 aromatic rings. The maximum Gasteiger partial charge on any atom is 0.251 e. The highest BCUT2D eigenvalue weighted by Gasteiger charge is 2.17. The van der Waals surface area contributed by atoms with Gasteiger partial charge in [0.05, 0.1) is 13.2 Å². The number of nitrogens with one attached hydrogen (secondary N) is 2. The highest BCUT2D eigenvalue weighted by molar-refractivity contribution is 5.95. The zero-order valence-corrected chi connectivity index (χ0v) is 14.6. The van der Waals surface area contributed by atoms with Crippen molar-refractivity contribution >= 4 is 5.91 Å². The standard InChI is InChI=1S/C19H19N5O3/c25-19(15-3-1-2-14(9-15)18-22-12-23-24-18)21-10-13-4-6-20-17(8-13)27-16-5-7-26-11-16/h1-4,6,8-9,12,16H,5,7,10-11H2,(H,21,25)(H,22,23,24). The van der Waals surface area contributed by atoms with E-state index in [1.807, 2.05) is 24.3 Å². The lowest BCUT2D eigenvalue weighted by atomic mass is 10.1. The van der Waals surface area contributed by atoms with Crippen LogP contribution in [0, 0.1) is 0 Å². The molecule has 0 radical (unpaired) electrons. The van der Waals surface area contributed by atoms with Crippen LogP contribution in [0.25, 0.3) is 11.4 Å². The lowest BCUT2D eigenvalue weighted by molar-refractivity contribution is 0.0950. The van der Waals surface area contributed by atoms with Crippen molar-refractivity contribution in [2.75, 3.05) is 13.2 Å². The summed E-state index contributed by atoms with van der Waals surface area (Å²) in [7, 11) is 0. The monoisotopic (exact) mass is 365 g/mol. The molecule has 1 fully saturated rings. The Bertz CT molecular complexity index is 907. The van der Waals surface area contributed by atoms with E-state index in [0.29, 0.717) is 37.0 Å². The van der Waals surface area contributed by atoms with Crippen LogP contribution in [0.1, 0.15) is 22.3 Å². The van der Waals surface area contributed by atoms with E-state index in [1.54, 1.807) is 18.3 Å². The van der Waals surface area contributed by atoms with Crippen molar-refractivity contribution in [2.24, 2.45) is 0 Å². The summed E-state index contributed by atoms with van der Waals surface area (Å²) in [6.07, 6.45) is 4.02. The number of benzene rings is 1. The molecule has 4 rings (SSSR count). The van der Waals surface area contributed by atoms with Gasteiger partial charge in [-0.25, -0.2) is 9.97 Å². The van der Waals surface area contributed by atoms with E-state index >= 15 is 0 Å². The molecule has 2 aromatic heterocycles. The highest BCUT2D eigenvalue weighted by Crippen LogP contribution is 2.17. The SMILES string of the molecule is O=C(NCc1ccnc(OC2CCOC2)c1)c1cccc(-c2ncn[nH]2)c1. The second-order valence-electron chi connectivity index (χ2n) is 6.20. The van der Waals surface area contributed by atoms with Gasteiger partial charge in [0.2, 0.25) is 5.88 Å². The van der Waals surface area contributed by atoms with Crippen molar-refractivity contribution in [1.29, 1.82) is 0 Å². The van der Waals surface area contributed by atoms with Gasteiger partial charge < -0.3 is 14.8 Å². The topological polar surface area (TPSA) is 102 Å². The van der Waals surface area contributed by atoms with Crippen LogP contribution in [0.5, 0.6) is 5.88 Å². The average molecular weight is 365 g/mol. The van der Waals surface area contributed by atoms with Gasteiger partial charge in [0, 0.05) is 36.4 Å². The van der Waals surface area contributed by atoms with E-state index in [0.717, 1.165) is 17.5 Å². The molecule has 1 aromatic carbocycles. The van der Waals surface area contributed by atoms with Crippen molar-refractivity contribution in [1.82, 2.24) is 25.5 Å². The molecule has 0 saturated carbocycles. The fourth-order valence-corrected chi connectivity index (χ4v) is 2.84. The van der Waals surface area contributed by atoms with Crippen LogP contribution in [-0.2, 0) is 11.3 Å². The first kappa shape index (κ1) is 17.2. The molecule has 1 aliphatic heterocycles. The van der Waals surface area contributed by atoms with E-state index in [9.17, 15) is 4.79 Å². The number of H-pyrrole nitrogens is 1. The average Bonchev–Trinajstić information content (AvgIpc) is 3.41. The van der Waals surface area contributed by atoms with Crippen LogP contribution in [0.2, 0.25) is 0 Å². The Labute approximate surface area is 156 Å². The Hall–Kier alpha value is -3.26. The maximum absolute atomic E-state index is 12.5. The van der Waals surface area contributed by atoms with Gasteiger partial charge in [0.1, 0.15) is 12.4 Å². The smallest absolute Gasteiger partial charge is 0.251 e. The number of nitrogens with zero attached hydrogens (tertiary/aromatic N) is 3. The van der Waals surface area contributed by atoms with E-state index < -0.39 is 0 Å². The van der Waals surface area contributed by atoms with Crippen molar-refractivity contribution < 1.29 is 14.3 Å². The van der Waals surface area contributed by atoms with Crippen molar-refractivity contribution in [3.05, 3.63) is 60.0 Å². The summed E-state index contributed by atoms with van der Waals surface area (Å²) in [6.45, 7) is 1.68. The molecular weight excluding hydrogens is 346 g/mol. The first-order valence-corrected chi connectivity index (χ1v) is 8.71. The zero-order valence-electron chi connectivity index (χ0n) is 14.6. The molecule has 27 heavy (non-hydrogen) atoms. The Kier molecular flexibility index (Phi) is 5.06. The molecule has 2 N–H and O–H groups in total. The van der Waals surface area contributed by atoms with Gasteiger partial charge in [-0.1, -0.05) is 12.1 Å². The van der Waals surface area contributed by atoms with Gasteiger partial charge in [-0.3, -0.25) is 9.89 Å². The number of aromatic amines is 1. The number of amides is 1. The van der Waals surface area contributed by atoms with Crippen LogP contribution in [0.4, 0.5) is 0 Å². The van der Waals surface area contributed by atoms with Gasteiger partial charge in [-0.15, -0.1) is 0 Å². The molecule has 0 bridgehead atoms. The normalized spacial score (nSPS) is 16.2. The van der Waals surface area contributed by atoms with Crippen LogP contribution >= 0.6 is 0 Å². The maximum atomic E-state index is 12.5.